The van der Waals surface area contributed by atoms with Crippen LogP contribution in [0.25, 0.3) is 0 Å². The van der Waals surface area contributed by atoms with Crippen LogP contribution < -0.4 is 10.6 Å². The number of amides is 1. The fourth-order valence-electron chi connectivity index (χ4n) is 3.66. The van der Waals surface area contributed by atoms with Crippen LogP contribution in [0.3, 0.4) is 0 Å². The molecule has 3 heteroatoms. The zero-order chi connectivity index (χ0) is 13.6. The van der Waals surface area contributed by atoms with E-state index in [1.165, 1.54) is 6.42 Å². The zero-order valence-corrected chi connectivity index (χ0v) is 11.8. The first-order chi connectivity index (χ1) is 9.00. The SMILES string of the molecule is CC1(C)CCCC1C(=O)N1CCc2c(N)cccc21. The Bertz CT molecular complexity index is 521. The third-order valence-corrected chi connectivity index (χ3v) is 4.89. The molecular formula is C16H22N2O. The van der Waals surface area contributed by atoms with Crippen molar-refractivity contribution in [2.24, 2.45) is 11.3 Å². The predicted octanol–water partition coefficient (Wildman–Crippen LogP) is 2.98. The Morgan fingerprint density at radius 1 is 1.42 bits per heavy atom. The summed E-state index contributed by atoms with van der Waals surface area (Å²) in [6.45, 7) is 5.23. The van der Waals surface area contributed by atoms with Gasteiger partial charge in [0, 0.05) is 29.4 Å². The molecule has 1 aliphatic heterocycles. The van der Waals surface area contributed by atoms with E-state index >= 15 is 0 Å². The second-order valence-corrected chi connectivity index (χ2v) is 6.52. The molecule has 102 valence electrons. The molecule has 0 saturated heterocycles. The molecule has 3 rings (SSSR count). The molecule has 3 nitrogen and oxygen atoms in total. The van der Waals surface area contributed by atoms with Crippen LogP contribution in [0.1, 0.15) is 38.7 Å². The number of nitrogen functional groups attached to an aromatic ring is 1. The number of benzene rings is 1. The highest BCUT2D eigenvalue weighted by Gasteiger charge is 2.42. The van der Waals surface area contributed by atoms with Crippen molar-refractivity contribution >= 4 is 17.3 Å². The lowest BCUT2D eigenvalue weighted by Crippen LogP contribution is -2.39. The van der Waals surface area contributed by atoms with Crippen molar-refractivity contribution in [2.45, 2.75) is 39.5 Å². The fraction of sp³-hybridized carbons (Fsp3) is 0.562. The van der Waals surface area contributed by atoms with Crippen molar-refractivity contribution in [1.29, 1.82) is 0 Å². The largest absolute Gasteiger partial charge is 0.398 e. The first-order valence-electron chi connectivity index (χ1n) is 7.19. The van der Waals surface area contributed by atoms with Gasteiger partial charge in [-0.2, -0.15) is 0 Å². The topological polar surface area (TPSA) is 46.3 Å². The maximum absolute atomic E-state index is 12.8. The first-order valence-corrected chi connectivity index (χ1v) is 7.19. The van der Waals surface area contributed by atoms with E-state index in [1.54, 1.807) is 0 Å². The maximum Gasteiger partial charge on any atom is 0.230 e. The van der Waals surface area contributed by atoms with Gasteiger partial charge in [0.25, 0.3) is 0 Å². The Balaban J connectivity index is 1.90. The van der Waals surface area contributed by atoms with E-state index in [-0.39, 0.29) is 11.3 Å². The van der Waals surface area contributed by atoms with E-state index < -0.39 is 0 Å². The smallest absolute Gasteiger partial charge is 0.230 e. The highest BCUT2D eigenvalue weighted by Crippen LogP contribution is 2.45. The predicted molar refractivity (Wildman–Crippen MR) is 78.0 cm³/mol. The molecule has 19 heavy (non-hydrogen) atoms. The van der Waals surface area contributed by atoms with Gasteiger partial charge in [-0.05, 0) is 36.8 Å². The lowest BCUT2D eigenvalue weighted by atomic mass is 9.81. The van der Waals surface area contributed by atoms with Crippen LogP contribution in [0.5, 0.6) is 0 Å². The molecule has 1 unspecified atom stereocenters. The number of anilines is 2. The van der Waals surface area contributed by atoms with Crippen LogP contribution in [0.2, 0.25) is 0 Å². The monoisotopic (exact) mass is 258 g/mol. The minimum absolute atomic E-state index is 0.139. The van der Waals surface area contributed by atoms with E-state index in [1.807, 2.05) is 23.1 Å². The average molecular weight is 258 g/mol. The molecule has 2 aliphatic rings. The molecule has 1 aliphatic carbocycles. The van der Waals surface area contributed by atoms with Crippen molar-refractivity contribution in [3.05, 3.63) is 23.8 Å². The Kier molecular flexibility index (Phi) is 2.80. The van der Waals surface area contributed by atoms with Crippen molar-refractivity contribution < 1.29 is 4.79 Å². The van der Waals surface area contributed by atoms with Crippen molar-refractivity contribution in [3.63, 3.8) is 0 Å². The summed E-state index contributed by atoms with van der Waals surface area (Å²) in [6.07, 6.45) is 4.24. The van der Waals surface area contributed by atoms with Crippen LogP contribution in [-0.2, 0) is 11.2 Å². The van der Waals surface area contributed by atoms with Gasteiger partial charge in [-0.3, -0.25) is 4.79 Å². The van der Waals surface area contributed by atoms with Crippen LogP contribution in [0.4, 0.5) is 11.4 Å². The number of nitrogens with two attached hydrogens (primary N) is 1. The van der Waals surface area contributed by atoms with E-state index in [2.05, 4.69) is 13.8 Å². The molecule has 1 atom stereocenters. The van der Waals surface area contributed by atoms with Gasteiger partial charge >= 0.3 is 0 Å². The Morgan fingerprint density at radius 2 is 2.21 bits per heavy atom. The van der Waals surface area contributed by atoms with Crippen molar-refractivity contribution in [2.75, 3.05) is 17.2 Å². The van der Waals surface area contributed by atoms with Gasteiger partial charge in [-0.1, -0.05) is 26.3 Å². The molecule has 0 radical (unpaired) electrons. The maximum atomic E-state index is 12.8. The van der Waals surface area contributed by atoms with Crippen LogP contribution >= 0.6 is 0 Å². The normalized spacial score (nSPS) is 24.5. The second kappa shape index (κ2) is 4.26. The zero-order valence-electron chi connectivity index (χ0n) is 11.8. The van der Waals surface area contributed by atoms with Gasteiger partial charge in [-0.15, -0.1) is 0 Å². The summed E-state index contributed by atoms with van der Waals surface area (Å²) >= 11 is 0. The summed E-state index contributed by atoms with van der Waals surface area (Å²) in [6, 6.07) is 5.89. The summed E-state index contributed by atoms with van der Waals surface area (Å²) in [5.74, 6) is 0.465. The van der Waals surface area contributed by atoms with Crippen molar-refractivity contribution in [1.82, 2.24) is 0 Å². The minimum atomic E-state index is 0.139. The lowest BCUT2D eigenvalue weighted by molar-refractivity contribution is -0.124. The third-order valence-electron chi connectivity index (χ3n) is 4.89. The van der Waals surface area contributed by atoms with Gasteiger partial charge in [0.15, 0.2) is 0 Å². The highest BCUT2D eigenvalue weighted by molar-refractivity contribution is 5.98. The van der Waals surface area contributed by atoms with Crippen LogP contribution in [-0.4, -0.2) is 12.5 Å². The van der Waals surface area contributed by atoms with Gasteiger partial charge in [0.1, 0.15) is 0 Å². The number of hydrogen-bond donors (Lipinski definition) is 1. The standard InChI is InChI=1S/C16H22N2O/c1-16(2)9-4-5-12(16)15(19)18-10-8-11-13(17)6-3-7-14(11)18/h3,6-7,12H,4-5,8-10,17H2,1-2H3. The van der Waals surface area contributed by atoms with Gasteiger partial charge in [-0.25, -0.2) is 0 Å². The summed E-state index contributed by atoms with van der Waals surface area (Å²) < 4.78 is 0. The molecule has 2 N–H and O–H groups in total. The summed E-state index contributed by atoms with van der Waals surface area (Å²) in [7, 11) is 0. The molecule has 1 heterocycles. The average Bonchev–Trinajstić information content (AvgIpc) is 2.92. The van der Waals surface area contributed by atoms with E-state index in [0.29, 0.717) is 5.91 Å². The van der Waals surface area contributed by atoms with Gasteiger partial charge < -0.3 is 10.6 Å². The number of carbonyl (C=O) groups excluding carboxylic acids is 1. The number of fused-ring (bicyclic) bond motifs is 1. The fourth-order valence-corrected chi connectivity index (χ4v) is 3.66. The molecule has 1 aromatic carbocycles. The van der Waals surface area contributed by atoms with Crippen LogP contribution in [0, 0.1) is 11.3 Å². The van der Waals surface area contributed by atoms with Gasteiger partial charge in [0.05, 0.1) is 0 Å². The van der Waals surface area contributed by atoms with Crippen molar-refractivity contribution in [3.8, 4) is 0 Å². The summed E-state index contributed by atoms with van der Waals surface area (Å²) in [5, 5.41) is 0. The molecule has 0 spiro atoms. The first kappa shape index (κ1) is 12.5. The number of carbonyl (C=O) groups is 1. The lowest BCUT2D eigenvalue weighted by Gasteiger charge is -2.30. The molecule has 1 saturated carbocycles. The minimum Gasteiger partial charge on any atom is -0.398 e. The summed E-state index contributed by atoms with van der Waals surface area (Å²) in [5.41, 5.74) is 9.14. The van der Waals surface area contributed by atoms with Crippen LogP contribution in [0.15, 0.2) is 18.2 Å². The number of nitrogens with zero attached hydrogens (tertiary/aromatic N) is 1. The third kappa shape index (κ3) is 1.92. The highest BCUT2D eigenvalue weighted by atomic mass is 16.2. The molecular weight excluding hydrogens is 236 g/mol. The molecule has 1 aromatic rings. The Hall–Kier alpha value is -1.51. The van der Waals surface area contributed by atoms with E-state index in [4.69, 9.17) is 5.73 Å². The summed E-state index contributed by atoms with van der Waals surface area (Å²) in [4.78, 5) is 14.8. The van der Waals surface area contributed by atoms with Gasteiger partial charge in [0.2, 0.25) is 5.91 Å². The second-order valence-electron chi connectivity index (χ2n) is 6.52. The Labute approximate surface area is 114 Å². The molecule has 0 bridgehead atoms. The molecule has 1 fully saturated rings. The molecule has 0 aromatic heterocycles. The van der Waals surface area contributed by atoms with E-state index in [0.717, 1.165) is 42.7 Å². The number of hydrogen-bond acceptors (Lipinski definition) is 2. The Morgan fingerprint density at radius 3 is 2.89 bits per heavy atom. The van der Waals surface area contributed by atoms with E-state index in [9.17, 15) is 4.79 Å². The quantitative estimate of drug-likeness (QED) is 0.787. The number of rotatable bonds is 1. The molecule has 1 amide bonds.